The Hall–Kier alpha value is -1.36. The molecule has 0 aliphatic rings. The number of hydrogen-bond acceptors (Lipinski definition) is 4. The van der Waals surface area contributed by atoms with Gasteiger partial charge < -0.3 is 10.1 Å². The fraction of sp³-hybridized carbons (Fsp3) is 0.250. The van der Waals surface area contributed by atoms with Crippen molar-refractivity contribution in [2.45, 2.75) is 13.0 Å². The van der Waals surface area contributed by atoms with E-state index in [9.17, 15) is 0 Å². The highest BCUT2D eigenvalue weighted by Gasteiger charge is 2.15. The molecule has 0 spiro atoms. The minimum atomic E-state index is 0.246. The molecule has 0 fully saturated rings. The van der Waals surface area contributed by atoms with Crippen molar-refractivity contribution in [1.82, 2.24) is 5.32 Å². The molecule has 3 aromatic rings. The van der Waals surface area contributed by atoms with Gasteiger partial charge in [-0.3, -0.25) is 0 Å². The summed E-state index contributed by atoms with van der Waals surface area (Å²) in [7, 11) is 2.01. The Labute approximate surface area is 127 Å². The van der Waals surface area contributed by atoms with Gasteiger partial charge in [0.05, 0.1) is 12.6 Å². The van der Waals surface area contributed by atoms with E-state index in [0.717, 1.165) is 5.75 Å². The van der Waals surface area contributed by atoms with Crippen LogP contribution in [0.1, 0.15) is 23.4 Å². The van der Waals surface area contributed by atoms with Crippen LogP contribution in [0.15, 0.2) is 41.8 Å². The lowest BCUT2D eigenvalue weighted by atomic mass is 10.1. The largest absolute Gasteiger partial charge is 0.494 e. The highest BCUT2D eigenvalue weighted by molar-refractivity contribution is 7.27. The number of fused-ring (bicyclic) bond motifs is 1. The Morgan fingerprint density at radius 1 is 1.15 bits per heavy atom. The molecule has 1 unspecified atom stereocenters. The maximum atomic E-state index is 5.50. The number of thiophene rings is 2. The molecule has 0 aliphatic heterocycles. The monoisotopic (exact) mass is 303 g/mol. The van der Waals surface area contributed by atoms with Crippen LogP contribution in [0.25, 0.3) is 9.40 Å². The van der Waals surface area contributed by atoms with E-state index in [1.165, 1.54) is 19.8 Å². The zero-order valence-corrected chi connectivity index (χ0v) is 13.2. The zero-order valence-electron chi connectivity index (χ0n) is 11.6. The highest BCUT2D eigenvalue weighted by Crippen LogP contribution is 2.35. The highest BCUT2D eigenvalue weighted by atomic mass is 32.1. The van der Waals surface area contributed by atoms with E-state index in [4.69, 9.17) is 4.74 Å². The van der Waals surface area contributed by atoms with Gasteiger partial charge in [-0.05, 0) is 49.2 Å². The van der Waals surface area contributed by atoms with Gasteiger partial charge in [-0.15, -0.1) is 22.7 Å². The van der Waals surface area contributed by atoms with Crippen LogP contribution < -0.4 is 10.1 Å². The first-order valence-corrected chi connectivity index (χ1v) is 8.38. The molecule has 0 aliphatic carbocycles. The molecule has 0 amide bonds. The summed E-state index contributed by atoms with van der Waals surface area (Å²) in [5.74, 6) is 0.929. The van der Waals surface area contributed by atoms with Crippen LogP contribution in [0, 0.1) is 0 Å². The van der Waals surface area contributed by atoms with Crippen molar-refractivity contribution in [3.8, 4) is 5.75 Å². The molecule has 0 saturated carbocycles. The molecule has 0 bridgehead atoms. The van der Waals surface area contributed by atoms with Crippen LogP contribution in [-0.4, -0.2) is 13.7 Å². The zero-order chi connectivity index (χ0) is 13.9. The molecule has 2 aromatic heterocycles. The van der Waals surface area contributed by atoms with Crippen LogP contribution in [-0.2, 0) is 0 Å². The number of ether oxygens (including phenoxy) is 1. The quantitative estimate of drug-likeness (QED) is 0.739. The van der Waals surface area contributed by atoms with Gasteiger partial charge in [-0.2, -0.15) is 0 Å². The van der Waals surface area contributed by atoms with E-state index >= 15 is 0 Å². The van der Waals surface area contributed by atoms with E-state index in [2.05, 4.69) is 35.0 Å². The maximum absolute atomic E-state index is 5.50. The molecule has 104 valence electrons. The lowest BCUT2D eigenvalue weighted by Crippen LogP contribution is -2.16. The van der Waals surface area contributed by atoms with Crippen molar-refractivity contribution < 1.29 is 4.74 Å². The maximum Gasteiger partial charge on any atom is 0.119 e. The molecule has 0 radical (unpaired) electrons. The van der Waals surface area contributed by atoms with Gasteiger partial charge in [0.15, 0.2) is 0 Å². The Morgan fingerprint density at radius 3 is 2.60 bits per heavy atom. The van der Waals surface area contributed by atoms with E-state index in [1.54, 1.807) is 11.3 Å². The lowest BCUT2D eigenvalue weighted by Gasteiger charge is -2.15. The average molecular weight is 303 g/mol. The predicted molar refractivity (Wildman–Crippen MR) is 88.2 cm³/mol. The first kappa shape index (κ1) is 13.6. The molecule has 4 heteroatoms. The smallest absolute Gasteiger partial charge is 0.119 e. The van der Waals surface area contributed by atoms with E-state index in [1.807, 2.05) is 37.4 Å². The van der Waals surface area contributed by atoms with Gasteiger partial charge >= 0.3 is 0 Å². The molecule has 20 heavy (non-hydrogen) atoms. The fourth-order valence-corrected chi connectivity index (χ4v) is 4.58. The molecule has 0 saturated heterocycles. The van der Waals surface area contributed by atoms with Crippen molar-refractivity contribution in [3.63, 3.8) is 0 Å². The van der Waals surface area contributed by atoms with Gasteiger partial charge in [-0.25, -0.2) is 0 Å². The third-order valence-corrected chi connectivity index (χ3v) is 5.41. The molecule has 1 atom stereocenters. The Kier molecular flexibility index (Phi) is 4.05. The second-order valence-corrected chi connectivity index (χ2v) is 6.58. The first-order chi connectivity index (χ1) is 9.81. The van der Waals surface area contributed by atoms with Crippen molar-refractivity contribution in [2.24, 2.45) is 0 Å². The summed E-state index contributed by atoms with van der Waals surface area (Å²) in [5.41, 5.74) is 1.27. The minimum absolute atomic E-state index is 0.246. The van der Waals surface area contributed by atoms with Crippen molar-refractivity contribution in [3.05, 3.63) is 52.2 Å². The van der Waals surface area contributed by atoms with Crippen LogP contribution in [0.2, 0.25) is 0 Å². The topological polar surface area (TPSA) is 21.3 Å². The van der Waals surface area contributed by atoms with Gasteiger partial charge in [0, 0.05) is 14.3 Å². The van der Waals surface area contributed by atoms with E-state index in [0.29, 0.717) is 6.61 Å². The number of rotatable bonds is 5. The SMILES string of the molecule is CCOc1ccc(C(NC)c2cc3sccc3s2)cc1. The summed E-state index contributed by atoms with van der Waals surface area (Å²) >= 11 is 3.67. The van der Waals surface area contributed by atoms with Crippen LogP contribution >= 0.6 is 22.7 Å². The second kappa shape index (κ2) is 5.95. The summed E-state index contributed by atoms with van der Waals surface area (Å²) in [6.07, 6.45) is 0. The van der Waals surface area contributed by atoms with Gasteiger partial charge in [0.25, 0.3) is 0 Å². The molecule has 2 heterocycles. The van der Waals surface area contributed by atoms with Crippen LogP contribution in [0.4, 0.5) is 0 Å². The number of nitrogens with one attached hydrogen (secondary N) is 1. The summed E-state index contributed by atoms with van der Waals surface area (Å²) in [6.45, 7) is 2.71. The molecular weight excluding hydrogens is 286 g/mol. The van der Waals surface area contributed by atoms with E-state index in [-0.39, 0.29) is 6.04 Å². The second-order valence-electron chi connectivity index (χ2n) is 4.52. The Morgan fingerprint density at radius 2 is 1.95 bits per heavy atom. The van der Waals surface area contributed by atoms with E-state index < -0.39 is 0 Å². The Balaban J connectivity index is 1.90. The summed E-state index contributed by atoms with van der Waals surface area (Å²) in [6, 6.07) is 13.1. The Bertz CT molecular complexity index is 655. The molecule has 1 aromatic carbocycles. The average Bonchev–Trinajstić information content (AvgIpc) is 3.03. The van der Waals surface area contributed by atoms with Gasteiger partial charge in [0.1, 0.15) is 5.75 Å². The van der Waals surface area contributed by atoms with Crippen molar-refractivity contribution >= 4 is 32.1 Å². The van der Waals surface area contributed by atoms with Crippen LogP contribution in [0.3, 0.4) is 0 Å². The molecular formula is C16H17NOS2. The van der Waals surface area contributed by atoms with Gasteiger partial charge in [0.2, 0.25) is 0 Å². The number of benzene rings is 1. The third-order valence-electron chi connectivity index (χ3n) is 3.26. The van der Waals surface area contributed by atoms with Crippen molar-refractivity contribution in [1.29, 1.82) is 0 Å². The lowest BCUT2D eigenvalue weighted by molar-refractivity contribution is 0.340. The van der Waals surface area contributed by atoms with Gasteiger partial charge in [-0.1, -0.05) is 12.1 Å². The summed E-state index contributed by atoms with van der Waals surface area (Å²) in [5, 5.41) is 5.56. The molecule has 2 nitrogen and oxygen atoms in total. The minimum Gasteiger partial charge on any atom is -0.494 e. The first-order valence-electron chi connectivity index (χ1n) is 6.68. The normalized spacial score (nSPS) is 12.7. The summed E-state index contributed by atoms with van der Waals surface area (Å²) in [4.78, 5) is 1.36. The number of hydrogen-bond donors (Lipinski definition) is 1. The molecule has 3 rings (SSSR count). The fourth-order valence-electron chi connectivity index (χ4n) is 2.32. The van der Waals surface area contributed by atoms with Crippen LogP contribution in [0.5, 0.6) is 5.75 Å². The third kappa shape index (κ3) is 2.59. The molecule has 1 N–H and O–H groups in total. The summed E-state index contributed by atoms with van der Waals surface area (Å²) < 4.78 is 8.24. The predicted octanol–water partition coefficient (Wildman–Crippen LogP) is 4.67. The standard InChI is InChI=1S/C16H17NOS2/c1-3-18-12-6-4-11(5-7-12)16(17-2)15-10-14-13(20-15)8-9-19-14/h4-10,16-17H,3H2,1-2H3. The van der Waals surface area contributed by atoms with Crippen molar-refractivity contribution in [2.75, 3.05) is 13.7 Å².